The van der Waals surface area contributed by atoms with Crippen LogP contribution in [0.25, 0.3) is 11.3 Å². The van der Waals surface area contributed by atoms with Crippen molar-refractivity contribution in [2.45, 2.75) is 13.1 Å². The SMILES string of the molecule is Cc1ccc([N+](=O)[O-])cc1-c1ccc(/C=N/NC(=O)c2cccc(C(F)(F)F)c2)o1. The van der Waals surface area contributed by atoms with E-state index in [1.54, 1.807) is 19.1 Å². The van der Waals surface area contributed by atoms with Crippen LogP contribution in [0.4, 0.5) is 18.9 Å². The molecule has 3 aromatic rings. The Labute approximate surface area is 168 Å². The fraction of sp³-hybridized carbons (Fsp3) is 0.100. The fourth-order valence-electron chi connectivity index (χ4n) is 2.61. The lowest BCUT2D eigenvalue weighted by Gasteiger charge is -2.07. The van der Waals surface area contributed by atoms with Gasteiger partial charge in [-0.1, -0.05) is 12.1 Å². The number of amides is 1. The highest BCUT2D eigenvalue weighted by Crippen LogP contribution is 2.30. The Morgan fingerprint density at radius 1 is 1.17 bits per heavy atom. The van der Waals surface area contributed by atoms with Crippen molar-refractivity contribution in [1.29, 1.82) is 0 Å². The first-order chi connectivity index (χ1) is 14.1. The number of rotatable bonds is 5. The van der Waals surface area contributed by atoms with Gasteiger partial charge in [0.15, 0.2) is 0 Å². The molecule has 0 bridgehead atoms. The van der Waals surface area contributed by atoms with E-state index in [1.807, 2.05) is 0 Å². The molecule has 0 aliphatic carbocycles. The van der Waals surface area contributed by atoms with Crippen molar-refractivity contribution < 1.29 is 27.3 Å². The lowest BCUT2D eigenvalue weighted by Crippen LogP contribution is -2.18. The second-order valence-corrected chi connectivity index (χ2v) is 6.24. The van der Waals surface area contributed by atoms with Crippen LogP contribution in [0.2, 0.25) is 0 Å². The predicted octanol–water partition coefficient (Wildman–Crippen LogP) is 4.95. The highest BCUT2D eigenvalue weighted by Gasteiger charge is 2.30. The quantitative estimate of drug-likeness (QED) is 0.361. The summed E-state index contributed by atoms with van der Waals surface area (Å²) >= 11 is 0. The summed E-state index contributed by atoms with van der Waals surface area (Å²) in [5.74, 6) is -0.222. The van der Waals surface area contributed by atoms with E-state index in [-0.39, 0.29) is 17.0 Å². The molecule has 7 nitrogen and oxygen atoms in total. The van der Waals surface area contributed by atoms with Crippen LogP contribution in [0.15, 0.2) is 64.1 Å². The van der Waals surface area contributed by atoms with Crippen LogP contribution in [0.3, 0.4) is 0 Å². The molecule has 3 rings (SSSR count). The molecule has 0 saturated carbocycles. The summed E-state index contributed by atoms with van der Waals surface area (Å²) in [5.41, 5.74) is 2.18. The van der Waals surface area contributed by atoms with Crippen molar-refractivity contribution in [2.75, 3.05) is 0 Å². The number of halogens is 3. The van der Waals surface area contributed by atoms with Crippen LogP contribution < -0.4 is 5.43 Å². The smallest absolute Gasteiger partial charge is 0.416 e. The predicted molar refractivity (Wildman–Crippen MR) is 102 cm³/mol. The molecule has 0 saturated heterocycles. The normalized spacial score (nSPS) is 11.6. The van der Waals surface area contributed by atoms with Gasteiger partial charge in [-0.25, -0.2) is 5.43 Å². The van der Waals surface area contributed by atoms with Gasteiger partial charge >= 0.3 is 6.18 Å². The Morgan fingerprint density at radius 2 is 1.93 bits per heavy atom. The maximum absolute atomic E-state index is 12.7. The number of aryl methyl sites for hydroxylation is 1. The number of carbonyl (C=O) groups is 1. The van der Waals surface area contributed by atoms with E-state index < -0.39 is 22.6 Å². The van der Waals surface area contributed by atoms with E-state index in [2.05, 4.69) is 10.5 Å². The topological polar surface area (TPSA) is 97.7 Å². The van der Waals surface area contributed by atoms with Gasteiger partial charge in [-0.2, -0.15) is 18.3 Å². The summed E-state index contributed by atoms with van der Waals surface area (Å²) in [6, 6.07) is 11.4. The Hall–Kier alpha value is -3.95. The van der Waals surface area contributed by atoms with Crippen LogP contribution in [0.1, 0.15) is 27.2 Å². The lowest BCUT2D eigenvalue weighted by atomic mass is 10.1. The highest BCUT2D eigenvalue weighted by molar-refractivity contribution is 5.95. The average Bonchev–Trinajstić information content (AvgIpc) is 3.16. The van der Waals surface area contributed by atoms with Gasteiger partial charge in [-0.3, -0.25) is 14.9 Å². The number of nitrogens with one attached hydrogen (secondary N) is 1. The molecular weight excluding hydrogens is 403 g/mol. The molecule has 0 spiro atoms. The molecule has 30 heavy (non-hydrogen) atoms. The van der Waals surface area contributed by atoms with Gasteiger partial charge in [0.05, 0.1) is 16.7 Å². The molecule has 154 valence electrons. The van der Waals surface area contributed by atoms with Gasteiger partial charge in [0.2, 0.25) is 0 Å². The van der Waals surface area contributed by atoms with E-state index >= 15 is 0 Å². The minimum Gasteiger partial charge on any atom is -0.455 e. The number of hydrogen-bond acceptors (Lipinski definition) is 5. The van der Waals surface area contributed by atoms with Gasteiger partial charge in [-0.05, 0) is 42.8 Å². The first-order valence-corrected chi connectivity index (χ1v) is 8.51. The first kappa shape index (κ1) is 20.8. The van der Waals surface area contributed by atoms with Gasteiger partial charge in [0.25, 0.3) is 11.6 Å². The summed E-state index contributed by atoms with van der Waals surface area (Å²) in [7, 11) is 0. The molecule has 1 heterocycles. The van der Waals surface area contributed by atoms with Crippen LogP contribution >= 0.6 is 0 Å². The second-order valence-electron chi connectivity index (χ2n) is 6.24. The van der Waals surface area contributed by atoms with Crippen molar-refractivity contribution in [1.82, 2.24) is 5.43 Å². The van der Waals surface area contributed by atoms with Crippen molar-refractivity contribution in [2.24, 2.45) is 5.10 Å². The molecule has 1 N–H and O–H groups in total. The number of nitrogens with zero attached hydrogens (tertiary/aromatic N) is 2. The minimum atomic E-state index is -4.56. The third-order valence-corrected chi connectivity index (χ3v) is 4.13. The first-order valence-electron chi connectivity index (χ1n) is 8.51. The van der Waals surface area contributed by atoms with Crippen molar-refractivity contribution in [3.63, 3.8) is 0 Å². The third-order valence-electron chi connectivity index (χ3n) is 4.13. The number of carbonyl (C=O) groups excluding carboxylic acids is 1. The van der Waals surface area contributed by atoms with Crippen molar-refractivity contribution in [3.05, 3.63) is 87.2 Å². The molecule has 0 atom stereocenters. The molecule has 1 amide bonds. The second kappa shape index (κ2) is 8.19. The Morgan fingerprint density at radius 3 is 2.63 bits per heavy atom. The molecule has 0 aliphatic heterocycles. The number of hydrogen-bond donors (Lipinski definition) is 1. The maximum atomic E-state index is 12.7. The summed E-state index contributed by atoms with van der Waals surface area (Å²) in [6.07, 6.45) is -3.39. The molecule has 0 fully saturated rings. The van der Waals surface area contributed by atoms with Gasteiger partial charge < -0.3 is 4.42 Å². The number of hydrazone groups is 1. The molecular formula is C20H14F3N3O4. The zero-order valence-corrected chi connectivity index (χ0v) is 15.4. The van der Waals surface area contributed by atoms with Crippen molar-refractivity contribution >= 4 is 17.8 Å². The Balaban J connectivity index is 1.72. The average molecular weight is 417 g/mol. The summed E-state index contributed by atoms with van der Waals surface area (Å²) in [6.45, 7) is 1.77. The van der Waals surface area contributed by atoms with E-state index in [0.29, 0.717) is 11.3 Å². The molecule has 2 aromatic carbocycles. The number of nitro benzene ring substituents is 1. The van der Waals surface area contributed by atoms with Crippen LogP contribution in [-0.4, -0.2) is 17.0 Å². The Bertz CT molecular complexity index is 1140. The van der Waals surface area contributed by atoms with E-state index in [4.69, 9.17) is 4.42 Å². The van der Waals surface area contributed by atoms with E-state index in [1.165, 1.54) is 30.5 Å². The van der Waals surface area contributed by atoms with Crippen LogP contribution in [0, 0.1) is 17.0 Å². The van der Waals surface area contributed by atoms with Gasteiger partial charge in [0, 0.05) is 23.3 Å². The summed E-state index contributed by atoms with van der Waals surface area (Å²) in [4.78, 5) is 22.4. The number of alkyl halides is 3. The largest absolute Gasteiger partial charge is 0.455 e. The summed E-state index contributed by atoms with van der Waals surface area (Å²) < 4.78 is 43.8. The maximum Gasteiger partial charge on any atom is 0.416 e. The number of nitro groups is 1. The number of non-ortho nitro benzene ring substituents is 1. The molecule has 0 aliphatic rings. The van der Waals surface area contributed by atoms with Gasteiger partial charge in [0.1, 0.15) is 11.5 Å². The van der Waals surface area contributed by atoms with Crippen molar-refractivity contribution in [3.8, 4) is 11.3 Å². The highest BCUT2D eigenvalue weighted by atomic mass is 19.4. The molecule has 0 radical (unpaired) electrons. The van der Waals surface area contributed by atoms with Crippen LogP contribution in [0.5, 0.6) is 0 Å². The zero-order chi connectivity index (χ0) is 21.9. The fourth-order valence-corrected chi connectivity index (χ4v) is 2.61. The lowest BCUT2D eigenvalue weighted by molar-refractivity contribution is -0.384. The number of furan rings is 1. The minimum absolute atomic E-state index is 0.0874. The van der Waals surface area contributed by atoms with Gasteiger partial charge in [-0.15, -0.1) is 0 Å². The number of benzene rings is 2. The van der Waals surface area contributed by atoms with E-state index in [0.717, 1.165) is 23.8 Å². The third kappa shape index (κ3) is 4.72. The zero-order valence-electron chi connectivity index (χ0n) is 15.4. The summed E-state index contributed by atoms with van der Waals surface area (Å²) in [5, 5.41) is 14.6. The standard InChI is InChI=1S/C20H14F3N3O4/c1-12-5-6-15(26(28)29)10-17(12)18-8-7-16(30-18)11-24-25-19(27)13-3-2-4-14(9-13)20(21,22)23/h2-11H,1H3,(H,25,27)/b24-11+. The Kier molecular flexibility index (Phi) is 5.67. The van der Waals surface area contributed by atoms with Crippen LogP contribution in [-0.2, 0) is 6.18 Å². The van der Waals surface area contributed by atoms with E-state index in [9.17, 15) is 28.1 Å². The monoisotopic (exact) mass is 417 g/mol. The molecule has 10 heteroatoms. The molecule has 1 aromatic heterocycles. The molecule has 0 unspecified atom stereocenters.